The fourth-order valence-corrected chi connectivity index (χ4v) is 2.77. The molecule has 90 valence electrons. The summed E-state index contributed by atoms with van der Waals surface area (Å²) in [5.41, 5.74) is 1.14. The molecule has 3 heteroatoms. The van der Waals surface area contributed by atoms with E-state index in [1.165, 1.54) is 0 Å². The van der Waals surface area contributed by atoms with Gasteiger partial charge in [-0.25, -0.2) is 0 Å². The highest BCUT2D eigenvalue weighted by Crippen LogP contribution is 2.32. The third kappa shape index (κ3) is 1.27. The summed E-state index contributed by atoms with van der Waals surface area (Å²) in [6.45, 7) is 0. The fraction of sp³-hybridized carbons (Fsp3) is 0. The highest BCUT2D eigenvalue weighted by atomic mass is 16.2. The van der Waals surface area contributed by atoms with E-state index in [1.807, 2.05) is 42.5 Å². The normalized spacial score (nSPS) is 13.9. The van der Waals surface area contributed by atoms with Crippen molar-refractivity contribution in [3.05, 3.63) is 59.7 Å². The fourth-order valence-electron chi connectivity index (χ4n) is 2.77. The molecule has 0 unspecified atom stereocenters. The van der Waals surface area contributed by atoms with Crippen molar-refractivity contribution in [1.29, 1.82) is 0 Å². The van der Waals surface area contributed by atoms with Gasteiger partial charge in [0.2, 0.25) is 0 Å². The second-order valence-electron chi connectivity index (χ2n) is 4.66. The number of carbonyl (C=O) groups excluding carboxylic acids is 2. The van der Waals surface area contributed by atoms with Gasteiger partial charge in [-0.15, -0.1) is 0 Å². The van der Waals surface area contributed by atoms with Gasteiger partial charge in [0.1, 0.15) is 0 Å². The van der Waals surface area contributed by atoms with Crippen molar-refractivity contribution in [2.45, 2.75) is 0 Å². The van der Waals surface area contributed by atoms with Crippen LogP contribution < -0.4 is 5.32 Å². The maximum absolute atomic E-state index is 12.0. The first-order valence-electron chi connectivity index (χ1n) is 6.06. The molecule has 0 radical (unpaired) electrons. The number of hydrogen-bond acceptors (Lipinski definition) is 2. The molecular weight excluding hydrogens is 238 g/mol. The van der Waals surface area contributed by atoms with Crippen molar-refractivity contribution in [1.82, 2.24) is 5.32 Å². The number of hydrogen-bond donors (Lipinski definition) is 1. The third-order valence-electron chi connectivity index (χ3n) is 3.60. The Hall–Kier alpha value is -2.68. The van der Waals surface area contributed by atoms with E-state index in [4.69, 9.17) is 0 Å². The van der Waals surface area contributed by atoms with Gasteiger partial charge in [-0.2, -0.15) is 0 Å². The summed E-state index contributed by atoms with van der Waals surface area (Å²) in [5, 5.41) is 6.16. The van der Waals surface area contributed by atoms with Crippen LogP contribution in [0.1, 0.15) is 20.7 Å². The van der Waals surface area contributed by atoms with Crippen molar-refractivity contribution in [2.24, 2.45) is 0 Å². The second-order valence-corrected chi connectivity index (χ2v) is 4.66. The molecule has 4 rings (SSSR count). The van der Waals surface area contributed by atoms with Crippen LogP contribution >= 0.6 is 0 Å². The van der Waals surface area contributed by atoms with Gasteiger partial charge in [-0.3, -0.25) is 14.9 Å². The Morgan fingerprint density at radius 3 is 2.37 bits per heavy atom. The zero-order valence-electron chi connectivity index (χ0n) is 9.94. The predicted molar refractivity (Wildman–Crippen MR) is 73.3 cm³/mol. The van der Waals surface area contributed by atoms with E-state index >= 15 is 0 Å². The molecule has 0 saturated heterocycles. The van der Waals surface area contributed by atoms with Crippen LogP contribution in [-0.4, -0.2) is 11.8 Å². The molecule has 1 heterocycles. The van der Waals surface area contributed by atoms with Gasteiger partial charge in [-0.05, 0) is 28.3 Å². The maximum Gasteiger partial charge on any atom is 0.258 e. The summed E-state index contributed by atoms with van der Waals surface area (Å²) in [6, 6.07) is 15.3. The first kappa shape index (κ1) is 10.3. The topological polar surface area (TPSA) is 46.2 Å². The molecule has 0 atom stereocenters. The Balaban J connectivity index is 2.34. The summed E-state index contributed by atoms with van der Waals surface area (Å²) in [5.74, 6) is -0.641. The summed E-state index contributed by atoms with van der Waals surface area (Å²) in [6.07, 6.45) is 0. The molecule has 0 aliphatic carbocycles. The first-order chi connectivity index (χ1) is 9.25. The standard InChI is InChI=1S/C16H9NO2/c18-15-12-7-3-6-11-10-5-2-1-4-9(10)8-13(14(11)12)16(19)17-15/h1-8H,(H,17,18,19). The number of fused-ring (bicyclic) bond motifs is 2. The van der Waals surface area contributed by atoms with Crippen molar-refractivity contribution in [3.63, 3.8) is 0 Å². The summed E-state index contributed by atoms with van der Waals surface area (Å²) in [4.78, 5) is 23.9. The lowest BCUT2D eigenvalue weighted by Gasteiger charge is -2.17. The minimum Gasteiger partial charge on any atom is -0.288 e. The van der Waals surface area contributed by atoms with Crippen LogP contribution in [0.25, 0.3) is 21.5 Å². The monoisotopic (exact) mass is 247 g/mol. The number of carbonyl (C=O) groups is 2. The number of benzene rings is 3. The van der Waals surface area contributed by atoms with Crippen LogP contribution in [0.2, 0.25) is 0 Å². The van der Waals surface area contributed by atoms with E-state index < -0.39 is 0 Å². The molecule has 3 aromatic carbocycles. The third-order valence-corrected chi connectivity index (χ3v) is 3.60. The van der Waals surface area contributed by atoms with Crippen molar-refractivity contribution in [2.75, 3.05) is 0 Å². The minimum absolute atomic E-state index is 0.320. The highest BCUT2D eigenvalue weighted by Gasteiger charge is 2.25. The average molecular weight is 247 g/mol. The molecule has 19 heavy (non-hydrogen) atoms. The molecular formula is C16H9NO2. The van der Waals surface area contributed by atoms with Gasteiger partial charge < -0.3 is 0 Å². The average Bonchev–Trinajstić information content (AvgIpc) is 2.44. The van der Waals surface area contributed by atoms with Crippen LogP contribution in [0.15, 0.2) is 48.5 Å². The smallest absolute Gasteiger partial charge is 0.258 e. The van der Waals surface area contributed by atoms with E-state index in [9.17, 15) is 9.59 Å². The van der Waals surface area contributed by atoms with Crippen molar-refractivity contribution < 1.29 is 9.59 Å². The SMILES string of the molecule is O=C1NC(=O)c2cc3ccccc3c3cccc1c23. The van der Waals surface area contributed by atoms with Gasteiger partial charge in [-0.1, -0.05) is 36.4 Å². The van der Waals surface area contributed by atoms with E-state index in [2.05, 4.69) is 5.32 Å². The zero-order valence-corrected chi connectivity index (χ0v) is 9.94. The van der Waals surface area contributed by atoms with Gasteiger partial charge >= 0.3 is 0 Å². The van der Waals surface area contributed by atoms with Crippen LogP contribution in [0.3, 0.4) is 0 Å². The Bertz CT molecular complexity index is 880. The highest BCUT2D eigenvalue weighted by molar-refractivity contribution is 6.29. The van der Waals surface area contributed by atoms with Gasteiger partial charge in [0.25, 0.3) is 11.8 Å². The largest absolute Gasteiger partial charge is 0.288 e. The second kappa shape index (κ2) is 3.42. The van der Waals surface area contributed by atoms with Gasteiger partial charge in [0.15, 0.2) is 0 Å². The molecule has 0 bridgehead atoms. The van der Waals surface area contributed by atoms with Crippen LogP contribution in [0.5, 0.6) is 0 Å². The van der Waals surface area contributed by atoms with E-state index in [-0.39, 0.29) is 11.8 Å². The molecule has 0 saturated carbocycles. The molecule has 0 spiro atoms. The first-order valence-corrected chi connectivity index (χ1v) is 6.06. The molecule has 3 nitrogen and oxygen atoms in total. The Morgan fingerprint density at radius 1 is 0.737 bits per heavy atom. The van der Waals surface area contributed by atoms with E-state index in [0.29, 0.717) is 11.1 Å². The molecule has 1 N–H and O–H groups in total. The predicted octanol–water partition coefficient (Wildman–Crippen LogP) is 2.88. The summed E-state index contributed by atoms with van der Waals surface area (Å²) in [7, 11) is 0. The Labute approximate surface area is 108 Å². The maximum atomic E-state index is 12.0. The molecule has 1 aliphatic rings. The molecule has 2 amide bonds. The lowest BCUT2D eigenvalue weighted by Crippen LogP contribution is -2.34. The number of rotatable bonds is 0. The molecule has 0 aromatic heterocycles. The minimum atomic E-state index is -0.321. The lowest BCUT2D eigenvalue weighted by molar-refractivity contribution is 0.0845. The van der Waals surface area contributed by atoms with Crippen molar-refractivity contribution >= 4 is 33.4 Å². The number of amides is 2. The van der Waals surface area contributed by atoms with Crippen molar-refractivity contribution in [3.8, 4) is 0 Å². The van der Waals surface area contributed by atoms with Gasteiger partial charge in [0, 0.05) is 16.5 Å². The molecule has 0 fully saturated rings. The Morgan fingerprint density at radius 2 is 1.47 bits per heavy atom. The van der Waals surface area contributed by atoms with Crippen LogP contribution in [0, 0.1) is 0 Å². The number of nitrogens with one attached hydrogen (secondary N) is 1. The quantitative estimate of drug-likeness (QED) is 0.490. The Kier molecular flexibility index (Phi) is 1.85. The van der Waals surface area contributed by atoms with Crippen LogP contribution in [-0.2, 0) is 0 Å². The number of imide groups is 1. The molecule has 1 aliphatic heterocycles. The lowest BCUT2D eigenvalue weighted by atomic mass is 9.91. The zero-order chi connectivity index (χ0) is 13.0. The van der Waals surface area contributed by atoms with Gasteiger partial charge in [0.05, 0.1) is 0 Å². The molecule has 3 aromatic rings. The van der Waals surface area contributed by atoms with Crippen LogP contribution in [0.4, 0.5) is 0 Å². The van der Waals surface area contributed by atoms with E-state index in [1.54, 1.807) is 6.07 Å². The summed E-state index contributed by atoms with van der Waals surface area (Å²) < 4.78 is 0. The summed E-state index contributed by atoms with van der Waals surface area (Å²) >= 11 is 0. The van der Waals surface area contributed by atoms with E-state index in [0.717, 1.165) is 21.5 Å².